The number of ketones is 1. The maximum Gasteiger partial charge on any atom is 1.00 e. The first-order valence-electron chi connectivity index (χ1n) is 4.86. The van der Waals surface area contributed by atoms with E-state index in [-0.39, 0.29) is 52.8 Å². The Morgan fingerprint density at radius 2 is 1.33 bits per heavy atom. The minimum absolute atomic E-state index is 0. The summed E-state index contributed by atoms with van der Waals surface area (Å²) in [4.78, 5) is 11.6. The summed E-state index contributed by atoms with van der Waals surface area (Å²) >= 11 is 0. The van der Waals surface area contributed by atoms with E-state index in [9.17, 15) is 4.79 Å². The normalized spacial score (nSPS) is 49.2. The molecule has 0 aromatic heterocycles. The van der Waals surface area contributed by atoms with Crippen molar-refractivity contribution in [1.82, 2.24) is 0 Å². The number of Topliss-reactive ketones (excluding diaryl/α,β-unsaturated/α-hetero) is 1. The van der Waals surface area contributed by atoms with Crippen LogP contribution in [0.15, 0.2) is 0 Å². The van der Waals surface area contributed by atoms with Crippen LogP contribution < -0.4 is 51.4 Å². The Labute approximate surface area is 118 Å². The van der Waals surface area contributed by atoms with E-state index in [1.165, 1.54) is 32.1 Å². The van der Waals surface area contributed by atoms with Crippen molar-refractivity contribution < 1.29 is 57.6 Å². The summed E-state index contributed by atoms with van der Waals surface area (Å²) < 4.78 is 0. The Balaban J connectivity index is 0.000000422. The zero-order chi connectivity index (χ0) is 7.42. The molecular weight excluding hydrogens is 175 g/mol. The summed E-state index contributed by atoms with van der Waals surface area (Å²) in [6.45, 7) is 0. The molecule has 4 rings (SSSR count). The van der Waals surface area contributed by atoms with Gasteiger partial charge in [0.15, 0.2) is 0 Å². The van der Waals surface area contributed by atoms with Gasteiger partial charge in [0.25, 0.3) is 0 Å². The van der Waals surface area contributed by atoms with Crippen LogP contribution in [0, 0.1) is 23.7 Å². The molecule has 4 fully saturated rings. The molecule has 4 saturated carbocycles. The van der Waals surface area contributed by atoms with E-state index in [1.54, 1.807) is 0 Å². The Hall–Kier alpha value is 1.31. The van der Waals surface area contributed by atoms with Crippen molar-refractivity contribution in [1.29, 1.82) is 0 Å². The second-order valence-electron chi connectivity index (χ2n) is 4.71. The summed E-state index contributed by atoms with van der Waals surface area (Å²) in [5.74, 6) is 3.51. The van der Waals surface area contributed by atoms with Crippen LogP contribution in [-0.4, -0.2) is 5.78 Å². The van der Waals surface area contributed by atoms with Gasteiger partial charge in [0.1, 0.15) is 5.78 Å². The van der Waals surface area contributed by atoms with E-state index in [1.807, 2.05) is 0 Å². The number of hydrogen-bond donors (Lipinski definition) is 0. The number of hydrogen-bond acceptors (Lipinski definition) is 1. The Kier molecular flexibility index (Phi) is 2.84. The average Bonchev–Trinajstić information content (AvgIpc) is 1.98. The third-order valence-electron chi connectivity index (χ3n) is 3.94. The molecule has 12 heavy (non-hydrogen) atoms. The minimum atomic E-state index is 0. The summed E-state index contributed by atoms with van der Waals surface area (Å²) in [7, 11) is 0. The van der Waals surface area contributed by atoms with Gasteiger partial charge in [0.2, 0.25) is 0 Å². The zero-order valence-corrected chi connectivity index (χ0v) is 10.9. The fourth-order valence-electron chi connectivity index (χ4n) is 3.65. The van der Waals surface area contributed by atoms with Crippen LogP contribution in [0.3, 0.4) is 0 Å². The molecule has 0 aliphatic heterocycles. The standard InChI is InChI=1S/C10H14O.K.H/c11-10-8-2-6-1-7(4-8)5-9(10)3-6;;/h6-9H,1-5H2;;/q;+1;-1. The first-order valence-corrected chi connectivity index (χ1v) is 4.86. The maximum atomic E-state index is 11.6. The fraction of sp³-hybridized carbons (Fsp3) is 0.900. The van der Waals surface area contributed by atoms with Crippen LogP contribution in [0.1, 0.15) is 33.5 Å². The molecule has 0 radical (unpaired) electrons. The van der Waals surface area contributed by atoms with Crippen molar-refractivity contribution in [3.8, 4) is 0 Å². The molecule has 0 saturated heterocycles. The van der Waals surface area contributed by atoms with Crippen LogP contribution in [0.2, 0.25) is 0 Å². The van der Waals surface area contributed by atoms with E-state index in [0.717, 1.165) is 11.8 Å². The number of rotatable bonds is 0. The van der Waals surface area contributed by atoms with Gasteiger partial charge in [0, 0.05) is 11.8 Å². The fourth-order valence-corrected chi connectivity index (χ4v) is 3.65. The molecule has 4 bridgehead atoms. The molecule has 0 aromatic carbocycles. The summed E-state index contributed by atoms with van der Waals surface area (Å²) in [5, 5.41) is 0. The van der Waals surface area contributed by atoms with Crippen molar-refractivity contribution in [2.45, 2.75) is 32.1 Å². The molecule has 0 atom stereocenters. The third kappa shape index (κ3) is 1.40. The van der Waals surface area contributed by atoms with Gasteiger partial charge in [-0.25, -0.2) is 0 Å². The molecule has 0 aromatic rings. The zero-order valence-electron chi connectivity index (χ0n) is 8.75. The van der Waals surface area contributed by atoms with Gasteiger partial charge in [-0.2, -0.15) is 0 Å². The molecule has 2 heteroatoms. The van der Waals surface area contributed by atoms with Crippen LogP contribution in [0.4, 0.5) is 0 Å². The van der Waals surface area contributed by atoms with Gasteiger partial charge in [0.05, 0.1) is 0 Å². The predicted molar refractivity (Wildman–Crippen MR) is 43.2 cm³/mol. The molecule has 0 unspecified atom stereocenters. The van der Waals surface area contributed by atoms with Crippen LogP contribution in [-0.2, 0) is 4.79 Å². The smallest absolute Gasteiger partial charge is 1.00 e. The van der Waals surface area contributed by atoms with Gasteiger partial charge in [-0.3, -0.25) is 4.79 Å². The van der Waals surface area contributed by atoms with Crippen molar-refractivity contribution in [2.24, 2.45) is 23.7 Å². The third-order valence-corrected chi connectivity index (χ3v) is 3.94. The van der Waals surface area contributed by atoms with E-state index < -0.39 is 0 Å². The monoisotopic (exact) mass is 190 g/mol. The minimum Gasteiger partial charge on any atom is -1.00 e. The van der Waals surface area contributed by atoms with Crippen LogP contribution in [0.5, 0.6) is 0 Å². The van der Waals surface area contributed by atoms with Gasteiger partial charge >= 0.3 is 51.4 Å². The van der Waals surface area contributed by atoms with Crippen molar-refractivity contribution >= 4 is 5.78 Å². The molecule has 0 heterocycles. The van der Waals surface area contributed by atoms with Gasteiger partial charge in [-0.1, -0.05) is 0 Å². The van der Waals surface area contributed by atoms with Crippen LogP contribution >= 0.6 is 0 Å². The first kappa shape index (κ1) is 9.85. The molecule has 1 nitrogen and oxygen atoms in total. The van der Waals surface area contributed by atoms with Crippen molar-refractivity contribution in [3.05, 3.63) is 0 Å². The Morgan fingerprint density at radius 1 is 0.917 bits per heavy atom. The Bertz CT molecular complexity index is 187. The topological polar surface area (TPSA) is 17.1 Å². The number of carbonyl (C=O) groups is 1. The first-order chi connectivity index (χ1) is 5.33. The molecular formula is C10H15KO. The largest absolute Gasteiger partial charge is 1.00 e. The molecule has 0 spiro atoms. The second kappa shape index (κ2) is 3.47. The summed E-state index contributed by atoms with van der Waals surface area (Å²) in [6, 6.07) is 0. The summed E-state index contributed by atoms with van der Waals surface area (Å²) in [5.41, 5.74) is 0. The Morgan fingerprint density at radius 3 is 1.75 bits per heavy atom. The van der Waals surface area contributed by atoms with E-state index >= 15 is 0 Å². The van der Waals surface area contributed by atoms with Gasteiger partial charge in [-0.05, 0) is 43.9 Å². The van der Waals surface area contributed by atoms with Crippen molar-refractivity contribution in [3.63, 3.8) is 0 Å². The predicted octanol–water partition coefficient (Wildman–Crippen LogP) is -0.872. The van der Waals surface area contributed by atoms with Gasteiger partial charge in [-0.15, -0.1) is 0 Å². The second-order valence-corrected chi connectivity index (χ2v) is 4.71. The molecule has 4 aliphatic rings. The van der Waals surface area contributed by atoms with Gasteiger partial charge < -0.3 is 1.43 Å². The van der Waals surface area contributed by atoms with E-state index in [0.29, 0.717) is 17.6 Å². The molecule has 4 aliphatic carbocycles. The SMILES string of the molecule is O=C1C2CC3CC(C2)CC1C3.[H-].[K+]. The average molecular weight is 190 g/mol. The molecule has 0 amide bonds. The maximum absolute atomic E-state index is 11.6. The number of carbonyl (C=O) groups excluding carboxylic acids is 1. The van der Waals surface area contributed by atoms with E-state index in [4.69, 9.17) is 0 Å². The van der Waals surface area contributed by atoms with Crippen LogP contribution in [0.25, 0.3) is 0 Å². The van der Waals surface area contributed by atoms with Crippen molar-refractivity contribution in [2.75, 3.05) is 0 Å². The quantitative estimate of drug-likeness (QED) is 0.454. The summed E-state index contributed by atoms with van der Waals surface area (Å²) in [6.07, 6.45) is 6.41. The molecule has 62 valence electrons. The van der Waals surface area contributed by atoms with E-state index in [2.05, 4.69) is 0 Å². The molecule has 0 N–H and O–H groups in total.